The lowest BCUT2D eigenvalue weighted by Crippen LogP contribution is -2.22. The number of fused-ring (bicyclic) bond motifs is 1. The SMILES string of the molecule is C=C1C=C(c2cccnc2)NC(=NC)c2cc(-c3ccc(OCCn4cccc4)cc3)ccc21. The van der Waals surface area contributed by atoms with Crippen molar-refractivity contribution in [2.45, 2.75) is 6.54 Å². The highest BCUT2D eigenvalue weighted by Crippen LogP contribution is 2.31. The summed E-state index contributed by atoms with van der Waals surface area (Å²) < 4.78 is 8.01. The molecule has 1 aliphatic rings. The zero-order valence-electron chi connectivity index (χ0n) is 19.1. The van der Waals surface area contributed by atoms with Crippen LogP contribution in [0.1, 0.15) is 16.7 Å². The maximum Gasteiger partial charge on any atom is 0.133 e. The molecule has 0 saturated carbocycles. The molecule has 2 aromatic carbocycles. The zero-order valence-corrected chi connectivity index (χ0v) is 19.1. The van der Waals surface area contributed by atoms with Crippen LogP contribution in [0.25, 0.3) is 22.4 Å². The summed E-state index contributed by atoms with van der Waals surface area (Å²) in [5.74, 6) is 1.66. The molecule has 34 heavy (non-hydrogen) atoms. The Hall–Kier alpha value is -4.38. The minimum Gasteiger partial charge on any atom is -0.492 e. The lowest BCUT2D eigenvalue weighted by molar-refractivity contribution is 0.298. The molecule has 2 aromatic heterocycles. The zero-order chi connectivity index (χ0) is 23.3. The van der Waals surface area contributed by atoms with Gasteiger partial charge in [-0.25, -0.2) is 0 Å². The van der Waals surface area contributed by atoms with E-state index >= 15 is 0 Å². The molecule has 5 rings (SSSR count). The van der Waals surface area contributed by atoms with Gasteiger partial charge in [-0.1, -0.05) is 30.8 Å². The van der Waals surface area contributed by atoms with E-state index in [0.29, 0.717) is 6.61 Å². The van der Waals surface area contributed by atoms with Crippen molar-refractivity contribution in [2.24, 2.45) is 4.99 Å². The van der Waals surface area contributed by atoms with Crippen LogP contribution in [0.3, 0.4) is 0 Å². The quantitative estimate of drug-likeness (QED) is 0.416. The van der Waals surface area contributed by atoms with E-state index in [2.05, 4.69) is 56.8 Å². The highest BCUT2D eigenvalue weighted by molar-refractivity contribution is 6.11. The van der Waals surface area contributed by atoms with E-state index in [1.807, 2.05) is 61.1 Å². The number of aliphatic imine (C=N–C) groups is 1. The molecule has 0 bridgehead atoms. The number of rotatable bonds is 6. The molecule has 3 heterocycles. The number of hydrogen-bond donors (Lipinski definition) is 1. The molecule has 0 unspecified atom stereocenters. The smallest absolute Gasteiger partial charge is 0.133 e. The number of nitrogens with one attached hydrogen (secondary N) is 1. The van der Waals surface area contributed by atoms with Crippen LogP contribution in [0, 0.1) is 0 Å². The molecule has 0 fully saturated rings. The summed E-state index contributed by atoms with van der Waals surface area (Å²) in [4.78, 5) is 8.79. The second-order valence-corrected chi connectivity index (χ2v) is 8.08. The minimum atomic E-state index is 0.628. The maximum absolute atomic E-state index is 5.91. The van der Waals surface area contributed by atoms with E-state index in [1.54, 1.807) is 13.2 Å². The monoisotopic (exact) mass is 446 g/mol. The van der Waals surface area contributed by atoms with Gasteiger partial charge in [-0.3, -0.25) is 9.98 Å². The maximum atomic E-state index is 5.91. The fourth-order valence-electron chi connectivity index (χ4n) is 4.07. The summed E-state index contributed by atoms with van der Waals surface area (Å²) in [6.07, 6.45) is 9.73. The van der Waals surface area contributed by atoms with Gasteiger partial charge in [0.15, 0.2) is 0 Å². The van der Waals surface area contributed by atoms with Crippen LogP contribution in [-0.2, 0) is 6.54 Å². The van der Waals surface area contributed by atoms with Crippen LogP contribution in [0.15, 0.2) is 109 Å². The van der Waals surface area contributed by atoms with E-state index < -0.39 is 0 Å². The molecule has 0 aliphatic carbocycles. The lowest BCUT2D eigenvalue weighted by atomic mass is 9.95. The summed E-state index contributed by atoms with van der Waals surface area (Å²) in [6, 6.07) is 22.6. The first-order chi connectivity index (χ1) is 16.7. The summed E-state index contributed by atoms with van der Waals surface area (Å²) in [5, 5.41) is 3.48. The first-order valence-electron chi connectivity index (χ1n) is 11.2. The molecule has 4 aromatic rings. The number of benzene rings is 2. The van der Waals surface area contributed by atoms with Crippen molar-refractivity contribution in [3.05, 3.63) is 121 Å². The number of nitrogens with zero attached hydrogens (tertiary/aromatic N) is 3. The molecule has 1 N–H and O–H groups in total. The largest absolute Gasteiger partial charge is 0.492 e. The number of ether oxygens (including phenoxy) is 1. The van der Waals surface area contributed by atoms with Crippen LogP contribution < -0.4 is 10.1 Å². The summed E-state index contributed by atoms with van der Waals surface area (Å²) in [7, 11) is 1.80. The topological polar surface area (TPSA) is 51.4 Å². The van der Waals surface area contributed by atoms with Gasteiger partial charge in [0, 0.05) is 48.7 Å². The summed E-state index contributed by atoms with van der Waals surface area (Å²) in [6.45, 7) is 5.76. The number of pyridine rings is 1. The second-order valence-electron chi connectivity index (χ2n) is 8.08. The van der Waals surface area contributed by atoms with Gasteiger partial charge in [0.05, 0.1) is 6.54 Å². The Balaban J connectivity index is 1.36. The second kappa shape index (κ2) is 9.63. The average molecular weight is 447 g/mol. The van der Waals surface area contributed by atoms with Gasteiger partial charge >= 0.3 is 0 Å². The van der Waals surface area contributed by atoms with E-state index in [0.717, 1.165) is 57.2 Å². The van der Waals surface area contributed by atoms with Gasteiger partial charge in [-0.05, 0) is 70.8 Å². The number of aromatic nitrogens is 2. The standard InChI is InChI=1S/C29H26N4O/c1-21-18-28(24-6-5-13-31-20-24)32-29(30-2)27-19-23(9-12-26(21)27)22-7-10-25(11-8-22)34-17-16-33-14-3-4-15-33/h3-15,18-20H,1,16-17H2,2H3,(H,30,32). The third-order valence-electron chi connectivity index (χ3n) is 5.86. The first-order valence-corrected chi connectivity index (χ1v) is 11.2. The van der Waals surface area contributed by atoms with Crippen LogP contribution in [-0.4, -0.2) is 29.0 Å². The molecule has 0 spiro atoms. The molecule has 1 aliphatic heterocycles. The first kappa shape index (κ1) is 21.5. The molecule has 5 heteroatoms. The number of amidine groups is 1. The third kappa shape index (κ3) is 4.55. The summed E-state index contributed by atoms with van der Waals surface area (Å²) >= 11 is 0. The van der Waals surface area contributed by atoms with E-state index in [-0.39, 0.29) is 0 Å². The molecule has 0 radical (unpaired) electrons. The normalized spacial score (nSPS) is 14.2. The van der Waals surface area contributed by atoms with Crippen LogP contribution in [0.4, 0.5) is 0 Å². The van der Waals surface area contributed by atoms with Crippen LogP contribution in [0.2, 0.25) is 0 Å². The van der Waals surface area contributed by atoms with E-state index in [9.17, 15) is 0 Å². The Morgan fingerprint density at radius 1 is 0.941 bits per heavy atom. The summed E-state index contributed by atoms with van der Waals surface area (Å²) in [5.41, 5.74) is 7.15. The van der Waals surface area contributed by atoms with Gasteiger partial charge in [0.2, 0.25) is 0 Å². The van der Waals surface area contributed by atoms with Gasteiger partial charge < -0.3 is 14.6 Å². The molecule has 0 saturated heterocycles. The van der Waals surface area contributed by atoms with Gasteiger partial charge in [0.1, 0.15) is 18.2 Å². The van der Waals surface area contributed by atoms with Gasteiger partial charge in [-0.2, -0.15) is 0 Å². The fraction of sp³-hybridized carbons (Fsp3) is 0.103. The number of allylic oxidation sites excluding steroid dienone is 2. The Morgan fingerprint density at radius 3 is 2.47 bits per heavy atom. The minimum absolute atomic E-state index is 0.628. The lowest BCUT2D eigenvalue weighted by Gasteiger charge is -2.14. The highest BCUT2D eigenvalue weighted by atomic mass is 16.5. The van der Waals surface area contributed by atoms with Crippen molar-refractivity contribution in [3.63, 3.8) is 0 Å². The molecular weight excluding hydrogens is 420 g/mol. The molecule has 0 amide bonds. The Bertz CT molecular complexity index is 1350. The van der Waals surface area contributed by atoms with Crippen molar-refractivity contribution < 1.29 is 4.74 Å². The van der Waals surface area contributed by atoms with E-state index in [1.165, 1.54) is 0 Å². The third-order valence-corrected chi connectivity index (χ3v) is 5.86. The Kier molecular flexibility index (Phi) is 6.08. The van der Waals surface area contributed by atoms with Crippen molar-refractivity contribution in [2.75, 3.05) is 13.7 Å². The molecular formula is C29H26N4O. The van der Waals surface area contributed by atoms with Crippen LogP contribution >= 0.6 is 0 Å². The van der Waals surface area contributed by atoms with Gasteiger partial charge in [-0.15, -0.1) is 0 Å². The van der Waals surface area contributed by atoms with Gasteiger partial charge in [0.25, 0.3) is 0 Å². The average Bonchev–Trinajstić information content (AvgIpc) is 3.36. The number of hydrogen-bond acceptors (Lipinski definition) is 3. The van der Waals surface area contributed by atoms with Crippen molar-refractivity contribution >= 4 is 17.1 Å². The predicted octanol–water partition coefficient (Wildman–Crippen LogP) is 5.66. The van der Waals surface area contributed by atoms with Crippen molar-refractivity contribution in [3.8, 4) is 16.9 Å². The molecule has 5 nitrogen and oxygen atoms in total. The Morgan fingerprint density at radius 2 is 1.74 bits per heavy atom. The van der Waals surface area contributed by atoms with Crippen molar-refractivity contribution in [1.82, 2.24) is 14.9 Å². The van der Waals surface area contributed by atoms with Crippen LogP contribution in [0.5, 0.6) is 5.75 Å². The Labute approximate surface area is 199 Å². The van der Waals surface area contributed by atoms with Crippen molar-refractivity contribution in [1.29, 1.82) is 0 Å². The predicted molar refractivity (Wildman–Crippen MR) is 139 cm³/mol. The van der Waals surface area contributed by atoms with E-state index in [4.69, 9.17) is 4.74 Å². The molecule has 0 atom stereocenters. The fourth-order valence-corrected chi connectivity index (χ4v) is 4.07. The molecule has 168 valence electrons. The highest BCUT2D eigenvalue weighted by Gasteiger charge is 2.18.